The number of fused-ring (bicyclic) bond motifs is 1. The summed E-state index contributed by atoms with van der Waals surface area (Å²) in [4.78, 5) is 16.3. The van der Waals surface area contributed by atoms with Crippen LogP contribution >= 0.6 is 11.8 Å². The molecule has 0 fully saturated rings. The fourth-order valence-electron chi connectivity index (χ4n) is 1.87. The predicted octanol–water partition coefficient (Wildman–Crippen LogP) is 1.96. The van der Waals surface area contributed by atoms with Crippen LogP contribution in [0.3, 0.4) is 0 Å². The lowest BCUT2D eigenvalue weighted by molar-refractivity contribution is 0.412. The minimum atomic E-state index is -0.0833. The first-order chi connectivity index (χ1) is 7.65. The molecule has 0 saturated heterocycles. The molecule has 2 rings (SSSR count). The first-order valence-corrected chi connectivity index (χ1v) is 6.60. The third kappa shape index (κ3) is 1.84. The molecule has 16 heavy (non-hydrogen) atoms. The van der Waals surface area contributed by atoms with Crippen molar-refractivity contribution in [1.29, 1.82) is 0 Å². The van der Waals surface area contributed by atoms with Crippen LogP contribution in [0.1, 0.15) is 38.2 Å². The van der Waals surface area contributed by atoms with E-state index in [1.54, 1.807) is 4.57 Å². The molecule has 0 unspecified atom stereocenters. The average Bonchev–Trinajstić information content (AvgIpc) is 2.28. The van der Waals surface area contributed by atoms with E-state index in [1.807, 2.05) is 13.8 Å². The highest BCUT2D eigenvalue weighted by Crippen LogP contribution is 2.28. The molecule has 0 amide bonds. The van der Waals surface area contributed by atoms with Crippen LogP contribution < -0.4 is 5.56 Å². The summed E-state index contributed by atoms with van der Waals surface area (Å²) in [5.41, 5.74) is 0.401. The van der Waals surface area contributed by atoms with Gasteiger partial charge in [0.25, 0.3) is 5.56 Å². The lowest BCUT2D eigenvalue weighted by Gasteiger charge is -2.19. The van der Waals surface area contributed by atoms with Crippen molar-refractivity contribution >= 4 is 11.8 Å². The first-order valence-electron chi connectivity index (χ1n) is 5.61. The molecule has 0 aromatic carbocycles. The maximum Gasteiger partial charge on any atom is 0.261 e. The molecule has 1 aliphatic rings. The second-order valence-corrected chi connectivity index (χ2v) is 5.16. The second-order valence-electron chi connectivity index (χ2n) is 4.10. The van der Waals surface area contributed by atoms with E-state index in [4.69, 9.17) is 0 Å². The van der Waals surface area contributed by atoms with E-state index in [0.717, 1.165) is 25.1 Å². The molecule has 1 atom stereocenters. The van der Waals surface area contributed by atoms with Crippen molar-refractivity contribution in [1.82, 2.24) is 9.55 Å². The van der Waals surface area contributed by atoms with Crippen molar-refractivity contribution < 1.29 is 5.11 Å². The molecule has 2 heterocycles. The zero-order valence-electron chi connectivity index (χ0n) is 9.56. The van der Waals surface area contributed by atoms with Gasteiger partial charge >= 0.3 is 0 Å². The van der Waals surface area contributed by atoms with Crippen LogP contribution in [0.15, 0.2) is 9.95 Å². The summed E-state index contributed by atoms with van der Waals surface area (Å²) < 4.78 is 1.69. The molecule has 1 aromatic heterocycles. The molecule has 1 N–H and O–H groups in total. The molecule has 0 spiro atoms. The van der Waals surface area contributed by atoms with Gasteiger partial charge in [-0.1, -0.05) is 25.6 Å². The van der Waals surface area contributed by atoms with E-state index >= 15 is 0 Å². The van der Waals surface area contributed by atoms with Gasteiger partial charge in [-0.05, 0) is 18.8 Å². The molecule has 0 aliphatic carbocycles. The summed E-state index contributed by atoms with van der Waals surface area (Å²) in [7, 11) is 0. The van der Waals surface area contributed by atoms with Gasteiger partial charge in [-0.25, -0.2) is 0 Å². The largest absolute Gasteiger partial charge is 0.493 e. The normalized spacial score (nSPS) is 16.9. The van der Waals surface area contributed by atoms with Crippen molar-refractivity contribution in [2.45, 2.75) is 44.3 Å². The minimum Gasteiger partial charge on any atom is -0.493 e. The van der Waals surface area contributed by atoms with Gasteiger partial charge < -0.3 is 5.11 Å². The Balaban J connectivity index is 2.59. The molecule has 5 heteroatoms. The molecular weight excluding hydrogens is 224 g/mol. The lowest BCUT2D eigenvalue weighted by atomic mass is 10.0. The number of thioether (sulfide) groups is 1. The Morgan fingerprint density at radius 1 is 1.62 bits per heavy atom. The number of nitrogens with zero attached hydrogens (tertiary/aromatic N) is 2. The van der Waals surface area contributed by atoms with E-state index in [9.17, 15) is 9.90 Å². The Kier molecular flexibility index (Phi) is 3.23. The third-order valence-corrected chi connectivity index (χ3v) is 4.07. The summed E-state index contributed by atoms with van der Waals surface area (Å²) in [5.74, 6) is 0.943. The van der Waals surface area contributed by atoms with Gasteiger partial charge in [-0.2, -0.15) is 4.98 Å². The van der Waals surface area contributed by atoms with E-state index in [1.165, 1.54) is 11.8 Å². The van der Waals surface area contributed by atoms with Crippen LogP contribution in [0.5, 0.6) is 5.88 Å². The SMILES string of the molecule is CC[C@H](C)c1c(O)nc2n(c1=O)CCCS2. The second kappa shape index (κ2) is 4.49. The first kappa shape index (κ1) is 11.5. The van der Waals surface area contributed by atoms with Crippen LogP contribution in [0, 0.1) is 0 Å². The van der Waals surface area contributed by atoms with E-state index in [0.29, 0.717) is 10.7 Å². The summed E-state index contributed by atoms with van der Waals surface area (Å²) >= 11 is 1.54. The highest BCUT2D eigenvalue weighted by molar-refractivity contribution is 7.99. The smallest absolute Gasteiger partial charge is 0.261 e. The van der Waals surface area contributed by atoms with Gasteiger partial charge in [0, 0.05) is 12.3 Å². The maximum atomic E-state index is 12.2. The molecule has 1 aliphatic heterocycles. The standard InChI is InChI=1S/C11H16N2O2S/c1-3-7(2)8-9(14)12-11-13(10(8)15)5-4-6-16-11/h7,14H,3-6H2,1-2H3/t7-/m0/s1. The summed E-state index contributed by atoms with van der Waals surface area (Å²) in [6.45, 7) is 4.67. The molecule has 4 nitrogen and oxygen atoms in total. The van der Waals surface area contributed by atoms with Crippen molar-refractivity contribution in [3.05, 3.63) is 15.9 Å². The van der Waals surface area contributed by atoms with E-state index < -0.39 is 0 Å². The predicted molar refractivity (Wildman–Crippen MR) is 64.2 cm³/mol. The minimum absolute atomic E-state index is 0.0599. The summed E-state index contributed by atoms with van der Waals surface area (Å²) in [5, 5.41) is 10.5. The van der Waals surface area contributed by atoms with Gasteiger partial charge in [-0.3, -0.25) is 9.36 Å². The van der Waals surface area contributed by atoms with Crippen molar-refractivity contribution in [3.63, 3.8) is 0 Å². The number of aromatic nitrogens is 2. The molecule has 0 radical (unpaired) electrons. The molecule has 88 valence electrons. The van der Waals surface area contributed by atoms with Crippen LogP contribution in [0.25, 0.3) is 0 Å². The molecule has 0 bridgehead atoms. The van der Waals surface area contributed by atoms with Gasteiger partial charge in [0.15, 0.2) is 5.16 Å². The van der Waals surface area contributed by atoms with E-state index in [-0.39, 0.29) is 17.4 Å². The van der Waals surface area contributed by atoms with Gasteiger partial charge in [-0.15, -0.1) is 0 Å². The fourth-order valence-corrected chi connectivity index (χ4v) is 2.80. The Labute approximate surface area is 98.7 Å². The Bertz CT molecular complexity index is 456. The lowest BCUT2D eigenvalue weighted by Crippen LogP contribution is -2.29. The molecule has 0 saturated carbocycles. The average molecular weight is 240 g/mol. The van der Waals surface area contributed by atoms with Gasteiger partial charge in [0.05, 0.1) is 5.56 Å². The molecular formula is C11H16N2O2S. The third-order valence-electron chi connectivity index (χ3n) is 3.01. The molecule has 1 aromatic rings. The maximum absolute atomic E-state index is 12.2. The fraction of sp³-hybridized carbons (Fsp3) is 0.636. The topological polar surface area (TPSA) is 55.1 Å². The van der Waals surface area contributed by atoms with Crippen molar-refractivity contribution in [3.8, 4) is 5.88 Å². The number of aromatic hydroxyl groups is 1. The number of hydrogen-bond donors (Lipinski definition) is 1. The van der Waals surface area contributed by atoms with E-state index in [2.05, 4.69) is 4.98 Å². The monoisotopic (exact) mass is 240 g/mol. The summed E-state index contributed by atoms with van der Waals surface area (Å²) in [6, 6.07) is 0. The number of rotatable bonds is 2. The van der Waals surface area contributed by atoms with Crippen LogP contribution in [0.4, 0.5) is 0 Å². The van der Waals surface area contributed by atoms with Crippen LogP contribution in [-0.2, 0) is 6.54 Å². The number of hydrogen-bond acceptors (Lipinski definition) is 4. The zero-order valence-corrected chi connectivity index (χ0v) is 10.4. The van der Waals surface area contributed by atoms with Crippen LogP contribution in [-0.4, -0.2) is 20.4 Å². The van der Waals surface area contributed by atoms with Crippen LogP contribution in [0.2, 0.25) is 0 Å². The highest BCUT2D eigenvalue weighted by Gasteiger charge is 2.21. The quantitative estimate of drug-likeness (QED) is 0.803. The van der Waals surface area contributed by atoms with Crippen molar-refractivity contribution in [2.24, 2.45) is 0 Å². The Morgan fingerprint density at radius 3 is 3.06 bits per heavy atom. The van der Waals surface area contributed by atoms with Gasteiger partial charge in [0.2, 0.25) is 5.88 Å². The Morgan fingerprint density at radius 2 is 2.38 bits per heavy atom. The zero-order chi connectivity index (χ0) is 11.7. The van der Waals surface area contributed by atoms with Crippen molar-refractivity contribution in [2.75, 3.05) is 5.75 Å². The summed E-state index contributed by atoms with van der Waals surface area (Å²) in [6.07, 6.45) is 1.82. The van der Waals surface area contributed by atoms with Gasteiger partial charge in [0.1, 0.15) is 0 Å². The Hall–Kier alpha value is -0.970. The highest BCUT2D eigenvalue weighted by atomic mass is 32.2.